The molecule has 4 nitrogen and oxygen atoms in total. The topological polar surface area (TPSA) is 75.4 Å². The number of hydrogen-bond donors (Lipinski definition) is 3. The minimum absolute atomic E-state index is 0.0955. The molecule has 1 amide bonds. The van der Waals surface area contributed by atoms with E-state index in [2.05, 4.69) is 5.32 Å². The molecule has 4 heteroatoms. The Balaban J connectivity index is 2.72. The summed E-state index contributed by atoms with van der Waals surface area (Å²) in [6, 6.07) is 9.48. The predicted molar refractivity (Wildman–Crippen MR) is 81.2 cm³/mol. The van der Waals surface area contributed by atoms with Gasteiger partial charge in [-0.1, -0.05) is 30.3 Å². The fourth-order valence-corrected chi connectivity index (χ4v) is 1.72. The zero-order chi connectivity index (χ0) is 15.4. The summed E-state index contributed by atoms with van der Waals surface area (Å²) >= 11 is 0. The second-order valence-electron chi connectivity index (χ2n) is 6.39. The molecule has 0 saturated heterocycles. The Labute approximate surface area is 121 Å². The van der Waals surface area contributed by atoms with E-state index in [9.17, 15) is 9.90 Å². The lowest BCUT2D eigenvalue weighted by molar-refractivity contribution is -0.133. The number of aliphatic hydroxyl groups is 1. The summed E-state index contributed by atoms with van der Waals surface area (Å²) in [4.78, 5) is 12.4. The van der Waals surface area contributed by atoms with Gasteiger partial charge in [0, 0.05) is 5.54 Å². The van der Waals surface area contributed by atoms with Crippen molar-refractivity contribution in [1.29, 1.82) is 0 Å². The highest BCUT2D eigenvalue weighted by Crippen LogP contribution is 2.28. The first kappa shape index (κ1) is 16.7. The maximum absolute atomic E-state index is 12.4. The highest BCUT2D eigenvalue weighted by Gasteiger charge is 2.40. The molecule has 1 aromatic carbocycles. The van der Waals surface area contributed by atoms with Crippen molar-refractivity contribution in [1.82, 2.24) is 5.32 Å². The molecular weight excluding hydrogens is 252 g/mol. The third-order valence-electron chi connectivity index (χ3n) is 4.06. The number of benzene rings is 1. The Morgan fingerprint density at radius 2 is 1.80 bits per heavy atom. The Bertz CT molecular complexity index is 436. The molecule has 20 heavy (non-hydrogen) atoms. The quantitative estimate of drug-likeness (QED) is 0.737. The predicted octanol–water partition coefficient (Wildman–Crippen LogP) is 1.47. The molecule has 0 spiro atoms. The summed E-state index contributed by atoms with van der Waals surface area (Å²) in [6.07, 6.45) is 0.601. The number of nitrogens with one attached hydrogen (secondary N) is 1. The maximum atomic E-state index is 12.4. The van der Waals surface area contributed by atoms with Crippen LogP contribution in [0.1, 0.15) is 33.3 Å². The third kappa shape index (κ3) is 4.05. The minimum atomic E-state index is -0.711. The van der Waals surface area contributed by atoms with Gasteiger partial charge in [-0.05, 0) is 39.7 Å². The molecule has 0 fully saturated rings. The standard InChI is InChI=1S/C16H26N2O2/c1-15(2,16(3,4)17)14(20)18-13(11-19)10-12-8-6-5-7-9-12/h5-9,13,19H,10-11,17H2,1-4H3,(H,18,20)/t13-/m1/s1. The summed E-state index contributed by atoms with van der Waals surface area (Å²) in [5, 5.41) is 12.4. The smallest absolute Gasteiger partial charge is 0.227 e. The van der Waals surface area contributed by atoms with E-state index in [1.165, 1.54) is 0 Å². The van der Waals surface area contributed by atoms with Crippen LogP contribution in [0.4, 0.5) is 0 Å². The van der Waals surface area contributed by atoms with Crippen LogP contribution in [0.15, 0.2) is 30.3 Å². The lowest BCUT2D eigenvalue weighted by Gasteiger charge is -2.38. The molecule has 112 valence electrons. The highest BCUT2D eigenvalue weighted by molar-refractivity contribution is 5.83. The third-order valence-corrected chi connectivity index (χ3v) is 4.06. The normalized spacial score (nSPS) is 13.9. The lowest BCUT2D eigenvalue weighted by Crippen LogP contribution is -2.57. The first-order valence-electron chi connectivity index (χ1n) is 6.93. The zero-order valence-corrected chi connectivity index (χ0v) is 12.8. The van der Waals surface area contributed by atoms with Crippen molar-refractivity contribution in [2.75, 3.05) is 6.61 Å². The van der Waals surface area contributed by atoms with Gasteiger partial charge < -0.3 is 16.2 Å². The molecule has 4 N–H and O–H groups in total. The Hall–Kier alpha value is -1.39. The average Bonchev–Trinajstić information content (AvgIpc) is 2.37. The van der Waals surface area contributed by atoms with E-state index in [1.54, 1.807) is 0 Å². The summed E-state index contributed by atoms with van der Waals surface area (Å²) < 4.78 is 0. The Morgan fingerprint density at radius 1 is 1.25 bits per heavy atom. The van der Waals surface area contributed by atoms with Gasteiger partial charge in [0.2, 0.25) is 5.91 Å². The number of nitrogens with two attached hydrogens (primary N) is 1. The average molecular weight is 278 g/mol. The van der Waals surface area contributed by atoms with E-state index >= 15 is 0 Å². The van der Waals surface area contributed by atoms with Crippen LogP contribution >= 0.6 is 0 Å². The van der Waals surface area contributed by atoms with Gasteiger partial charge in [0.1, 0.15) is 0 Å². The van der Waals surface area contributed by atoms with Crippen molar-refractivity contribution in [3.8, 4) is 0 Å². The minimum Gasteiger partial charge on any atom is -0.394 e. The van der Waals surface area contributed by atoms with E-state index < -0.39 is 11.0 Å². The van der Waals surface area contributed by atoms with Crippen molar-refractivity contribution in [2.45, 2.75) is 45.7 Å². The summed E-state index contributed by atoms with van der Waals surface area (Å²) in [5.74, 6) is -0.139. The van der Waals surface area contributed by atoms with Gasteiger partial charge in [-0.25, -0.2) is 0 Å². The van der Waals surface area contributed by atoms with Crippen LogP contribution in [0, 0.1) is 5.41 Å². The van der Waals surface area contributed by atoms with Crippen LogP contribution in [0.2, 0.25) is 0 Å². The van der Waals surface area contributed by atoms with Gasteiger partial charge in [-0.3, -0.25) is 4.79 Å². The van der Waals surface area contributed by atoms with E-state index in [-0.39, 0.29) is 18.6 Å². The van der Waals surface area contributed by atoms with Crippen LogP contribution < -0.4 is 11.1 Å². The van der Waals surface area contributed by atoms with Gasteiger partial charge in [-0.2, -0.15) is 0 Å². The monoisotopic (exact) mass is 278 g/mol. The van der Waals surface area contributed by atoms with Crippen LogP contribution in [0.3, 0.4) is 0 Å². The molecule has 0 radical (unpaired) electrons. The van der Waals surface area contributed by atoms with Crippen molar-refractivity contribution in [2.24, 2.45) is 11.1 Å². The summed E-state index contributed by atoms with van der Waals surface area (Å²) in [6.45, 7) is 7.20. The number of aliphatic hydroxyl groups excluding tert-OH is 1. The van der Waals surface area contributed by atoms with Crippen molar-refractivity contribution in [3.05, 3.63) is 35.9 Å². The van der Waals surface area contributed by atoms with Gasteiger partial charge in [0.05, 0.1) is 18.1 Å². The Kier molecular flexibility index (Phi) is 5.31. The summed E-state index contributed by atoms with van der Waals surface area (Å²) in [7, 11) is 0. The van der Waals surface area contributed by atoms with Crippen molar-refractivity contribution in [3.63, 3.8) is 0 Å². The molecule has 1 rings (SSSR count). The summed E-state index contributed by atoms with van der Waals surface area (Å²) in [5.41, 5.74) is 5.79. The van der Waals surface area contributed by atoms with E-state index in [0.717, 1.165) is 5.56 Å². The SMILES string of the molecule is CC(C)(N)C(C)(C)C(=O)N[C@@H](CO)Cc1ccccc1. The maximum Gasteiger partial charge on any atom is 0.227 e. The fourth-order valence-electron chi connectivity index (χ4n) is 1.72. The molecule has 0 aromatic heterocycles. The number of rotatable bonds is 6. The van der Waals surface area contributed by atoms with Crippen LogP contribution in [0.5, 0.6) is 0 Å². The van der Waals surface area contributed by atoms with Gasteiger partial charge in [0.25, 0.3) is 0 Å². The molecule has 0 saturated carbocycles. The largest absolute Gasteiger partial charge is 0.394 e. The molecular formula is C16H26N2O2. The Morgan fingerprint density at radius 3 is 2.25 bits per heavy atom. The number of amides is 1. The van der Waals surface area contributed by atoms with Crippen LogP contribution in [0.25, 0.3) is 0 Å². The van der Waals surface area contributed by atoms with Crippen molar-refractivity contribution < 1.29 is 9.90 Å². The molecule has 0 heterocycles. The van der Waals surface area contributed by atoms with Gasteiger partial charge >= 0.3 is 0 Å². The molecule has 0 aliphatic carbocycles. The number of carbonyl (C=O) groups excluding carboxylic acids is 1. The molecule has 0 aliphatic rings. The zero-order valence-electron chi connectivity index (χ0n) is 12.8. The molecule has 0 bridgehead atoms. The van der Waals surface area contributed by atoms with E-state index in [4.69, 9.17) is 5.73 Å². The molecule has 0 unspecified atom stereocenters. The van der Waals surface area contributed by atoms with E-state index in [1.807, 2.05) is 58.0 Å². The van der Waals surface area contributed by atoms with Gasteiger partial charge in [-0.15, -0.1) is 0 Å². The molecule has 1 aromatic rings. The lowest BCUT2D eigenvalue weighted by atomic mass is 9.74. The van der Waals surface area contributed by atoms with Gasteiger partial charge in [0.15, 0.2) is 0 Å². The van der Waals surface area contributed by atoms with Crippen molar-refractivity contribution >= 4 is 5.91 Å². The number of carbonyl (C=O) groups is 1. The first-order valence-corrected chi connectivity index (χ1v) is 6.93. The fraction of sp³-hybridized carbons (Fsp3) is 0.562. The second-order valence-corrected chi connectivity index (χ2v) is 6.39. The van der Waals surface area contributed by atoms with Crippen LogP contribution in [-0.4, -0.2) is 29.2 Å². The highest BCUT2D eigenvalue weighted by atomic mass is 16.3. The first-order chi connectivity index (χ1) is 9.18. The number of hydrogen-bond acceptors (Lipinski definition) is 3. The van der Waals surface area contributed by atoms with E-state index in [0.29, 0.717) is 6.42 Å². The molecule has 1 atom stereocenters. The van der Waals surface area contributed by atoms with Crippen LogP contribution in [-0.2, 0) is 11.2 Å². The molecule has 0 aliphatic heterocycles. The second kappa shape index (κ2) is 6.37.